The lowest BCUT2D eigenvalue weighted by Gasteiger charge is -2.10. The Morgan fingerprint density at radius 2 is 1.81 bits per heavy atom. The van der Waals surface area contributed by atoms with Crippen LogP contribution in [0.15, 0.2) is 34.9 Å². The standard InChI is InChI=1S/C16H13BrF3N/c1-9-4-14(21-15(17)5-9)12-6-10-2-3-13(16(18,19)20)8-11(10)7-12/h2-5,8,12H,6-7H2,1H3. The Kier molecular flexibility index (Phi) is 3.56. The molecule has 1 heterocycles. The highest BCUT2D eigenvalue weighted by Crippen LogP contribution is 2.37. The number of hydrogen-bond donors (Lipinski definition) is 0. The van der Waals surface area contributed by atoms with Crippen LogP contribution in [0.2, 0.25) is 0 Å². The predicted molar refractivity (Wildman–Crippen MR) is 78.3 cm³/mol. The molecule has 2 aromatic rings. The molecule has 0 spiro atoms. The van der Waals surface area contributed by atoms with E-state index >= 15 is 0 Å². The van der Waals surface area contributed by atoms with Gasteiger partial charge in [0.05, 0.1) is 5.56 Å². The van der Waals surface area contributed by atoms with Crippen molar-refractivity contribution in [2.45, 2.75) is 31.9 Å². The second-order valence-electron chi connectivity index (χ2n) is 5.48. The fourth-order valence-corrected chi connectivity index (χ4v) is 3.43. The second kappa shape index (κ2) is 5.13. The molecule has 0 saturated carbocycles. The molecule has 110 valence electrons. The summed E-state index contributed by atoms with van der Waals surface area (Å²) in [6, 6.07) is 7.98. The van der Waals surface area contributed by atoms with Crippen molar-refractivity contribution in [3.8, 4) is 0 Å². The smallest absolute Gasteiger partial charge is 0.246 e. The van der Waals surface area contributed by atoms with Crippen LogP contribution in [0.25, 0.3) is 0 Å². The van der Waals surface area contributed by atoms with E-state index < -0.39 is 11.7 Å². The number of hydrogen-bond acceptors (Lipinski definition) is 1. The Balaban J connectivity index is 1.91. The van der Waals surface area contributed by atoms with Crippen LogP contribution < -0.4 is 0 Å². The van der Waals surface area contributed by atoms with Gasteiger partial charge in [-0.1, -0.05) is 6.07 Å². The third-order valence-electron chi connectivity index (χ3n) is 3.84. The van der Waals surface area contributed by atoms with Gasteiger partial charge >= 0.3 is 6.18 Å². The highest BCUT2D eigenvalue weighted by atomic mass is 79.9. The van der Waals surface area contributed by atoms with Crippen LogP contribution in [0, 0.1) is 6.92 Å². The summed E-state index contributed by atoms with van der Waals surface area (Å²) in [7, 11) is 0. The van der Waals surface area contributed by atoms with Crippen molar-refractivity contribution in [2.75, 3.05) is 0 Å². The molecule has 1 unspecified atom stereocenters. The zero-order chi connectivity index (χ0) is 15.2. The summed E-state index contributed by atoms with van der Waals surface area (Å²) in [4.78, 5) is 4.46. The van der Waals surface area contributed by atoms with Crippen molar-refractivity contribution in [3.05, 3.63) is 62.9 Å². The first-order valence-corrected chi connectivity index (χ1v) is 7.45. The maximum atomic E-state index is 12.8. The first-order chi connectivity index (χ1) is 9.83. The zero-order valence-corrected chi connectivity index (χ0v) is 12.9. The van der Waals surface area contributed by atoms with Gasteiger partial charge in [-0.3, -0.25) is 0 Å². The summed E-state index contributed by atoms with van der Waals surface area (Å²) in [6.07, 6.45) is -2.92. The lowest BCUT2D eigenvalue weighted by Crippen LogP contribution is -2.05. The Bertz CT molecular complexity index is 674. The number of aryl methyl sites for hydroxylation is 1. The summed E-state index contributed by atoms with van der Waals surface area (Å²) < 4.78 is 39.1. The Morgan fingerprint density at radius 1 is 1.10 bits per heavy atom. The maximum Gasteiger partial charge on any atom is 0.416 e. The Labute approximate surface area is 129 Å². The zero-order valence-electron chi connectivity index (χ0n) is 11.3. The molecule has 1 aliphatic rings. The van der Waals surface area contributed by atoms with Crippen molar-refractivity contribution in [3.63, 3.8) is 0 Å². The molecule has 3 rings (SSSR count). The van der Waals surface area contributed by atoms with E-state index in [0.717, 1.165) is 33.4 Å². The summed E-state index contributed by atoms with van der Waals surface area (Å²) in [5.74, 6) is 0.152. The van der Waals surface area contributed by atoms with Gasteiger partial charge in [-0.25, -0.2) is 4.98 Å². The van der Waals surface area contributed by atoms with E-state index in [1.807, 2.05) is 19.1 Å². The normalized spacial score (nSPS) is 17.9. The van der Waals surface area contributed by atoms with Crippen LogP contribution in [0.3, 0.4) is 0 Å². The first kappa shape index (κ1) is 14.6. The lowest BCUT2D eigenvalue weighted by molar-refractivity contribution is -0.137. The second-order valence-corrected chi connectivity index (χ2v) is 6.29. The summed E-state index contributed by atoms with van der Waals surface area (Å²) in [5, 5.41) is 0. The van der Waals surface area contributed by atoms with Gasteiger partial charge < -0.3 is 0 Å². The summed E-state index contributed by atoms with van der Waals surface area (Å²) in [5.41, 5.74) is 3.24. The molecular weight excluding hydrogens is 343 g/mol. The number of nitrogens with zero attached hydrogens (tertiary/aromatic N) is 1. The minimum atomic E-state index is -4.28. The highest BCUT2D eigenvalue weighted by Gasteiger charge is 2.33. The molecular formula is C16H13BrF3N. The monoisotopic (exact) mass is 355 g/mol. The van der Waals surface area contributed by atoms with Crippen LogP contribution in [0.1, 0.15) is 33.9 Å². The van der Waals surface area contributed by atoms with E-state index in [0.29, 0.717) is 6.42 Å². The van der Waals surface area contributed by atoms with E-state index in [2.05, 4.69) is 20.9 Å². The van der Waals surface area contributed by atoms with Gasteiger partial charge in [0.25, 0.3) is 0 Å². The molecule has 0 aliphatic heterocycles. The van der Waals surface area contributed by atoms with Crippen LogP contribution in [-0.4, -0.2) is 4.98 Å². The van der Waals surface area contributed by atoms with Crippen LogP contribution in [-0.2, 0) is 19.0 Å². The number of pyridine rings is 1. The molecule has 5 heteroatoms. The van der Waals surface area contributed by atoms with E-state index in [9.17, 15) is 13.2 Å². The van der Waals surface area contributed by atoms with Crippen molar-refractivity contribution in [2.24, 2.45) is 0 Å². The fraction of sp³-hybridized carbons (Fsp3) is 0.312. The molecule has 0 fully saturated rings. The molecule has 1 aromatic carbocycles. The average molecular weight is 356 g/mol. The number of rotatable bonds is 1. The third-order valence-corrected chi connectivity index (χ3v) is 4.25. The molecule has 0 saturated heterocycles. The van der Waals surface area contributed by atoms with E-state index in [4.69, 9.17) is 0 Å². The molecule has 0 amide bonds. The van der Waals surface area contributed by atoms with Crippen LogP contribution >= 0.6 is 15.9 Å². The number of aromatic nitrogens is 1. The molecule has 0 bridgehead atoms. The molecule has 1 atom stereocenters. The summed E-state index contributed by atoms with van der Waals surface area (Å²) >= 11 is 3.37. The van der Waals surface area contributed by atoms with Gasteiger partial charge in [-0.05, 0) is 76.7 Å². The quantitative estimate of drug-likeness (QED) is 0.652. The average Bonchev–Trinajstić information content (AvgIpc) is 2.79. The van der Waals surface area contributed by atoms with E-state index in [-0.39, 0.29) is 5.92 Å². The highest BCUT2D eigenvalue weighted by molar-refractivity contribution is 9.10. The van der Waals surface area contributed by atoms with Crippen LogP contribution in [0.5, 0.6) is 0 Å². The number of halogens is 4. The number of alkyl halides is 3. The van der Waals surface area contributed by atoms with Gasteiger partial charge in [0, 0.05) is 11.6 Å². The van der Waals surface area contributed by atoms with Gasteiger partial charge in [0.15, 0.2) is 0 Å². The van der Waals surface area contributed by atoms with Crippen molar-refractivity contribution in [1.29, 1.82) is 0 Å². The Hall–Kier alpha value is -1.36. The van der Waals surface area contributed by atoms with Crippen molar-refractivity contribution >= 4 is 15.9 Å². The summed E-state index contributed by atoms with van der Waals surface area (Å²) in [6.45, 7) is 1.99. The molecule has 1 aromatic heterocycles. The van der Waals surface area contributed by atoms with Crippen molar-refractivity contribution < 1.29 is 13.2 Å². The molecule has 0 N–H and O–H groups in total. The number of benzene rings is 1. The molecule has 0 radical (unpaired) electrons. The molecule has 1 aliphatic carbocycles. The third kappa shape index (κ3) is 2.98. The van der Waals surface area contributed by atoms with E-state index in [1.54, 1.807) is 6.07 Å². The van der Waals surface area contributed by atoms with Gasteiger partial charge in [-0.15, -0.1) is 0 Å². The number of fused-ring (bicyclic) bond motifs is 1. The molecule has 21 heavy (non-hydrogen) atoms. The Morgan fingerprint density at radius 3 is 2.48 bits per heavy atom. The maximum absolute atomic E-state index is 12.8. The molecule has 1 nitrogen and oxygen atoms in total. The van der Waals surface area contributed by atoms with E-state index in [1.165, 1.54) is 12.1 Å². The predicted octanol–water partition coefficient (Wildman–Crippen LogP) is 5.05. The minimum Gasteiger partial charge on any atom is -0.246 e. The topological polar surface area (TPSA) is 12.9 Å². The first-order valence-electron chi connectivity index (χ1n) is 6.66. The van der Waals surface area contributed by atoms with Crippen LogP contribution in [0.4, 0.5) is 13.2 Å². The minimum absolute atomic E-state index is 0.152. The van der Waals surface area contributed by atoms with Gasteiger partial charge in [-0.2, -0.15) is 13.2 Å². The lowest BCUT2D eigenvalue weighted by atomic mass is 10.0. The SMILES string of the molecule is Cc1cc(Br)nc(C2Cc3ccc(C(F)(F)F)cc3C2)c1. The largest absolute Gasteiger partial charge is 0.416 e. The van der Waals surface area contributed by atoms with Crippen molar-refractivity contribution in [1.82, 2.24) is 4.98 Å². The van der Waals surface area contributed by atoms with Gasteiger partial charge in [0.1, 0.15) is 4.60 Å². The van der Waals surface area contributed by atoms with Gasteiger partial charge in [0.2, 0.25) is 0 Å². The fourth-order valence-electron chi connectivity index (χ4n) is 2.86.